The average Bonchev–Trinajstić information content (AvgIpc) is 1.57. The smallest absolute Gasteiger partial charge is 0.657 e. The predicted molar refractivity (Wildman–Crippen MR) is 465 cm³/mol. The Kier molecular flexibility index (Phi) is 34.5. The number of hydrogen-bond donors (Lipinski definition) is 0. The molecule has 0 unspecified atom stereocenters. The van der Waals surface area contributed by atoms with Crippen molar-refractivity contribution in [3.8, 4) is 90.1 Å². The number of rotatable bonds is 8. The molecule has 22 heteroatoms. The minimum Gasteiger partial charge on any atom is -0.657 e. The summed E-state index contributed by atoms with van der Waals surface area (Å²) in [6.07, 6.45) is 3.62. The number of nitrogens with zero attached hydrogens (tertiary/aromatic N) is 10. The van der Waals surface area contributed by atoms with Crippen LogP contribution in [0.2, 0.25) is 0 Å². The largest absolute Gasteiger partial charge is 2.00 e. The molecule has 10 aromatic heterocycles. The number of alkyl halides is 6. The molecular formula is C100H78Cl2F6N10Ni4-2. The molecule has 0 aliphatic heterocycles. The van der Waals surface area contributed by atoms with Crippen molar-refractivity contribution in [3.05, 3.63) is 386 Å². The summed E-state index contributed by atoms with van der Waals surface area (Å²) in [5.41, 5.74) is 19.6. The van der Waals surface area contributed by atoms with Crippen molar-refractivity contribution in [3.63, 3.8) is 0 Å². The quantitative estimate of drug-likeness (QED) is 0.0823. The number of aryl methyl sites for hydroxylation is 2. The number of pyridine rings is 8. The Balaban J connectivity index is 0.000000167. The first-order valence-corrected chi connectivity index (χ1v) is 40.4. The van der Waals surface area contributed by atoms with Crippen LogP contribution in [0.4, 0.5) is 26.3 Å². The van der Waals surface area contributed by atoms with Crippen LogP contribution in [-0.2, 0) is 85.3 Å². The van der Waals surface area contributed by atoms with Crippen molar-refractivity contribution >= 4 is 64.0 Å². The predicted octanol–water partition coefficient (Wildman–Crippen LogP) is 27.0. The van der Waals surface area contributed by atoms with Gasteiger partial charge in [-0.25, -0.2) is 0 Å². The first-order chi connectivity index (χ1) is 57.8. The molecule has 0 spiro atoms. The molecule has 0 aliphatic rings. The van der Waals surface area contributed by atoms with Crippen LogP contribution < -0.4 is 9.97 Å². The van der Waals surface area contributed by atoms with E-state index in [1.807, 2.05) is 196 Å². The minimum absolute atomic E-state index is 0. The van der Waals surface area contributed by atoms with E-state index < -0.39 is 23.5 Å². The summed E-state index contributed by atoms with van der Waals surface area (Å²) in [5, 5.41) is 4.99. The molecule has 10 nitrogen and oxygen atoms in total. The molecule has 18 rings (SSSR count). The fourth-order valence-electron chi connectivity index (χ4n) is 12.3. The fourth-order valence-corrected chi connectivity index (χ4v) is 12.3. The van der Waals surface area contributed by atoms with Crippen LogP contribution in [-0.4, -0.2) is 39.9 Å². The molecule has 18 aromatic rings. The second-order valence-corrected chi connectivity index (χ2v) is 29.3. The van der Waals surface area contributed by atoms with E-state index in [0.717, 1.165) is 136 Å². The maximum Gasteiger partial charge on any atom is 2.00 e. The zero-order valence-corrected chi connectivity index (χ0v) is 72.4. The molecule has 0 bridgehead atoms. The molecule has 0 saturated carbocycles. The molecule has 0 aliphatic carbocycles. The summed E-state index contributed by atoms with van der Waals surface area (Å²) < 4.78 is 76.8. The average molecular weight is 1840 g/mol. The van der Waals surface area contributed by atoms with Crippen molar-refractivity contribution in [2.45, 2.75) is 78.6 Å². The number of fused-ring (bicyclic) bond motifs is 6. The molecular weight excluding hydrogens is 1760 g/mol. The molecule has 0 fully saturated rings. The second kappa shape index (κ2) is 44.5. The number of benzene rings is 8. The third kappa shape index (κ3) is 25.9. The first kappa shape index (κ1) is 94.5. The Morgan fingerprint density at radius 2 is 0.484 bits per heavy atom. The van der Waals surface area contributed by atoms with Crippen molar-refractivity contribution in [1.82, 2.24) is 49.8 Å². The van der Waals surface area contributed by atoms with Gasteiger partial charge in [0.1, 0.15) is 0 Å². The summed E-state index contributed by atoms with van der Waals surface area (Å²) in [5.74, 6) is 0. The minimum atomic E-state index is -4.40. The van der Waals surface area contributed by atoms with Crippen LogP contribution in [0, 0.1) is 38.1 Å². The van der Waals surface area contributed by atoms with Crippen LogP contribution >= 0.6 is 20.4 Å². The summed E-state index contributed by atoms with van der Waals surface area (Å²) >= 11 is 6.69. The maximum absolute atomic E-state index is 12.8. The third-order valence-corrected chi connectivity index (χ3v) is 18.6. The van der Waals surface area contributed by atoms with E-state index in [4.69, 9.17) is 0 Å². The van der Waals surface area contributed by atoms with E-state index in [0.29, 0.717) is 22.5 Å². The topological polar surface area (TPSA) is 131 Å². The number of aromatic nitrogens is 10. The van der Waals surface area contributed by atoms with Gasteiger partial charge in [0.25, 0.3) is 0 Å². The maximum atomic E-state index is 12.8. The monoisotopic (exact) mass is 1830 g/mol. The van der Waals surface area contributed by atoms with Gasteiger partial charge >= 0.3 is 94.9 Å². The normalized spacial score (nSPS) is 10.9. The Morgan fingerprint density at radius 1 is 0.254 bits per heavy atom. The van der Waals surface area contributed by atoms with E-state index in [1.54, 1.807) is 37.2 Å². The fraction of sp³-hybridized carbons (Fsp3) is 0.120. The van der Waals surface area contributed by atoms with Crippen LogP contribution in [0.15, 0.2) is 329 Å². The van der Waals surface area contributed by atoms with Gasteiger partial charge in [-0.15, -0.1) is 118 Å². The molecule has 8 aromatic carbocycles. The van der Waals surface area contributed by atoms with Crippen molar-refractivity contribution in [2.75, 3.05) is 0 Å². The molecule has 122 heavy (non-hydrogen) atoms. The van der Waals surface area contributed by atoms with E-state index in [-0.39, 0.29) is 43.8 Å². The van der Waals surface area contributed by atoms with E-state index in [9.17, 15) is 26.3 Å². The van der Waals surface area contributed by atoms with Gasteiger partial charge in [0.2, 0.25) is 0 Å². The van der Waals surface area contributed by atoms with Gasteiger partial charge < -0.3 is 9.97 Å². The Morgan fingerprint density at radius 3 is 0.697 bits per heavy atom. The van der Waals surface area contributed by atoms with Crippen LogP contribution in [0.5, 0.6) is 0 Å². The summed E-state index contributed by atoms with van der Waals surface area (Å²) in [7, 11) is 8.53. The van der Waals surface area contributed by atoms with E-state index >= 15 is 0 Å². The van der Waals surface area contributed by atoms with Gasteiger partial charge in [-0.3, -0.25) is 39.9 Å². The molecule has 0 radical (unpaired) electrons. The van der Waals surface area contributed by atoms with Gasteiger partial charge in [0.15, 0.2) is 0 Å². The first-order valence-electron chi connectivity index (χ1n) is 37.7. The Hall–Kier alpha value is -11.3. The Bertz CT molecular complexity index is 5690. The number of halogens is 8. The van der Waals surface area contributed by atoms with Crippen LogP contribution in [0.25, 0.3) is 134 Å². The summed E-state index contributed by atoms with van der Waals surface area (Å²) in [6.45, 7) is 16.4. The van der Waals surface area contributed by atoms with Gasteiger partial charge in [0.05, 0.1) is 11.1 Å². The molecule has 0 amide bonds. The van der Waals surface area contributed by atoms with Gasteiger partial charge in [-0.05, 0) is 81.6 Å². The zero-order valence-electron chi connectivity index (χ0n) is 66.9. The Labute approximate surface area is 751 Å². The molecule has 626 valence electrons. The van der Waals surface area contributed by atoms with Gasteiger partial charge in [0, 0.05) is 95.1 Å². The van der Waals surface area contributed by atoms with E-state index in [1.165, 1.54) is 33.7 Å². The molecule has 0 N–H and O–H groups in total. The number of para-hydroxylation sites is 4. The molecule has 0 atom stereocenters. The third-order valence-electron chi connectivity index (χ3n) is 18.6. The molecule has 0 saturated heterocycles. The van der Waals surface area contributed by atoms with Crippen molar-refractivity contribution in [1.29, 1.82) is 0 Å². The van der Waals surface area contributed by atoms with Crippen molar-refractivity contribution in [2.24, 2.45) is 0 Å². The molecule has 10 heterocycles. The van der Waals surface area contributed by atoms with Gasteiger partial charge in [-0.2, -0.15) is 26.3 Å². The standard InChI is InChI=1S/2C22H20F3N2.2C16H11N2.2C12H8N.2ClH.4Ni/c2*1-14-5-7-19(26-12-14)15-9-16(11-18(10-15)21(2,3)4)20-8-6-17(13-27-20)22(23,24)25;2*1-3-10-17-15(8-1)13-6-5-7-14(12-13)16-9-2-4-11-18-16;2*1-3-7-11-9(5-1)10-6-2-4-8-12(10)13-11;;;;;;/h2*5-8,10-13H,1-4H3;2*1-11H;2*1-8H;2*1H;;;;/q6*-1;;;2*+1;2*+2/p-2. The second-order valence-electron chi connectivity index (χ2n) is 29.3. The van der Waals surface area contributed by atoms with Gasteiger partial charge in [-0.1, -0.05) is 280 Å². The number of hydrogen-bond acceptors (Lipinski definition) is 8. The van der Waals surface area contributed by atoms with Crippen LogP contribution in [0.3, 0.4) is 0 Å². The van der Waals surface area contributed by atoms with Crippen molar-refractivity contribution < 1.29 is 88.5 Å². The zero-order chi connectivity index (χ0) is 85.4. The van der Waals surface area contributed by atoms with Crippen LogP contribution in [0.1, 0.15) is 74.9 Å². The summed E-state index contributed by atoms with van der Waals surface area (Å²) in [6, 6.07) is 102. The SMILES string of the molecule is Cc1ccc(-c2[c-]c(-c3ccc(C(F)(F)F)cn3)cc(C(C)(C)C)c2)nc1.Cc1ccc(-c2[c-]c(-c3ccc(C(F)(F)F)cn3)cc(C(C)(C)C)c2)nc1.[Cl][Ni].[Cl][Ni].[Ni+2].[Ni+2].[c-]1c(-c2ccccn2)cccc1-c1ccccn1.[c-]1c(-c2ccccn2)cccc1-c1ccccn1.c1ccc2c(c1)[n-]c1ccccc12.c1ccc2c(c1)[n-]c1ccccc12. The summed E-state index contributed by atoms with van der Waals surface area (Å²) in [4.78, 5) is 43.3. The van der Waals surface area contributed by atoms with E-state index in [2.05, 4.69) is 238 Å².